The van der Waals surface area contributed by atoms with Crippen LogP contribution in [0.25, 0.3) is 0 Å². The first-order valence-electron chi connectivity index (χ1n) is 8.17. The second kappa shape index (κ2) is 6.02. The molecule has 2 aromatic rings. The average Bonchev–Trinajstić information content (AvgIpc) is 3.29. The zero-order chi connectivity index (χ0) is 15.6. The van der Waals surface area contributed by atoms with Crippen molar-refractivity contribution >= 4 is 5.91 Å². The van der Waals surface area contributed by atoms with E-state index < -0.39 is 0 Å². The Hall–Kier alpha value is -2.37. The van der Waals surface area contributed by atoms with E-state index in [1.807, 2.05) is 12.4 Å². The molecule has 0 radical (unpaired) electrons. The Morgan fingerprint density at radius 3 is 3.00 bits per heavy atom. The predicted octanol–water partition coefficient (Wildman–Crippen LogP) is 1.81. The van der Waals surface area contributed by atoms with Crippen LogP contribution in [0, 0.1) is 5.92 Å². The van der Waals surface area contributed by atoms with Crippen molar-refractivity contribution in [2.75, 3.05) is 6.61 Å². The van der Waals surface area contributed by atoms with E-state index in [2.05, 4.69) is 19.9 Å². The molecule has 0 spiro atoms. The molecule has 120 valence electrons. The van der Waals surface area contributed by atoms with Crippen molar-refractivity contribution in [2.45, 2.75) is 38.3 Å². The van der Waals surface area contributed by atoms with E-state index in [0.29, 0.717) is 17.4 Å². The first kappa shape index (κ1) is 14.2. The van der Waals surface area contributed by atoms with Crippen molar-refractivity contribution in [1.29, 1.82) is 0 Å². The molecule has 1 N–H and O–H groups in total. The molecular weight excluding hydrogens is 292 g/mol. The van der Waals surface area contributed by atoms with E-state index in [-0.39, 0.29) is 11.9 Å². The number of carbonyl (C=O) groups is 1. The van der Waals surface area contributed by atoms with Crippen LogP contribution in [0.3, 0.4) is 0 Å². The van der Waals surface area contributed by atoms with Gasteiger partial charge in [0.25, 0.3) is 5.91 Å². The smallest absolute Gasteiger partial charge is 0.253 e. The van der Waals surface area contributed by atoms with Gasteiger partial charge in [0.15, 0.2) is 0 Å². The van der Waals surface area contributed by atoms with Crippen LogP contribution in [0.4, 0.5) is 0 Å². The summed E-state index contributed by atoms with van der Waals surface area (Å²) in [6.45, 7) is 1.50. The first-order chi connectivity index (χ1) is 11.3. The van der Waals surface area contributed by atoms with Crippen LogP contribution < -0.4 is 10.1 Å². The SMILES string of the molecule is O=C(N[C@@H]1CCc2nccn2C1)c1ccc(OCC2CC2)nc1. The molecule has 6 nitrogen and oxygen atoms in total. The summed E-state index contributed by atoms with van der Waals surface area (Å²) in [6.07, 6.45) is 9.66. The summed E-state index contributed by atoms with van der Waals surface area (Å²) in [7, 11) is 0. The van der Waals surface area contributed by atoms with Crippen molar-refractivity contribution in [3.63, 3.8) is 0 Å². The zero-order valence-electron chi connectivity index (χ0n) is 12.9. The van der Waals surface area contributed by atoms with Crippen LogP contribution in [0.15, 0.2) is 30.7 Å². The van der Waals surface area contributed by atoms with Crippen LogP contribution in [0.2, 0.25) is 0 Å². The second-order valence-electron chi connectivity index (χ2n) is 6.34. The van der Waals surface area contributed by atoms with Crippen molar-refractivity contribution in [1.82, 2.24) is 19.9 Å². The van der Waals surface area contributed by atoms with Crippen molar-refractivity contribution in [3.8, 4) is 5.88 Å². The third-order valence-electron chi connectivity index (χ3n) is 4.43. The maximum atomic E-state index is 12.3. The molecule has 2 aliphatic rings. The fourth-order valence-corrected chi connectivity index (χ4v) is 2.84. The van der Waals surface area contributed by atoms with Gasteiger partial charge >= 0.3 is 0 Å². The predicted molar refractivity (Wildman–Crippen MR) is 84.3 cm³/mol. The number of rotatable bonds is 5. The third-order valence-corrected chi connectivity index (χ3v) is 4.43. The Morgan fingerprint density at radius 1 is 1.30 bits per heavy atom. The Kier molecular flexibility index (Phi) is 3.73. The number of hydrogen-bond donors (Lipinski definition) is 1. The molecule has 2 aromatic heterocycles. The van der Waals surface area contributed by atoms with Crippen molar-refractivity contribution in [2.24, 2.45) is 5.92 Å². The number of fused-ring (bicyclic) bond motifs is 1. The molecule has 0 aromatic carbocycles. The average molecular weight is 312 g/mol. The van der Waals surface area contributed by atoms with Gasteiger partial charge in [0.1, 0.15) is 5.82 Å². The third kappa shape index (κ3) is 3.36. The van der Waals surface area contributed by atoms with Crippen LogP contribution in [-0.2, 0) is 13.0 Å². The van der Waals surface area contributed by atoms with Gasteiger partial charge in [-0.2, -0.15) is 0 Å². The minimum atomic E-state index is -0.0835. The molecule has 3 heterocycles. The largest absolute Gasteiger partial charge is 0.477 e. The number of pyridine rings is 1. The molecule has 1 aliphatic carbocycles. The monoisotopic (exact) mass is 312 g/mol. The van der Waals surface area contributed by atoms with E-state index in [9.17, 15) is 4.79 Å². The van der Waals surface area contributed by atoms with Crippen LogP contribution in [0.5, 0.6) is 5.88 Å². The zero-order valence-corrected chi connectivity index (χ0v) is 12.9. The lowest BCUT2D eigenvalue weighted by Gasteiger charge is -2.24. The van der Waals surface area contributed by atoms with Gasteiger partial charge in [-0.15, -0.1) is 0 Å². The Balaban J connectivity index is 1.33. The van der Waals surface area contributed by atoms with E-state index in [1.165, 1.54) is 12.8 Å². The highest BCUT2D eigenvalue weighted by Gasteiger charge is 2.23. The highest BCUT2D eigenvalue weighted by molar-refractivity contribution is 5.94. The summed E-state index contributed by atoms with van der Waals surface area (Å²) >= 11 is 0. The summed E-state index contributed by atoms with van der Waals surface area (Å²) in [5.41, 5.74) is 0.570. The number of carbonyl (C=O) groups excluding carboxylic acids is 1. The lowest BCUT2D eigenvalue weighted by molar-refractivity contribution is 0.0927. The molecule has 1 fully saturated rings. The second-order valence-corrected chi connectivity index (χ2v) is 6.34. The van der Waals surface area contributed by atoms with Crippen LogP contribution in [0.1, 0.15) is 35.4 Å². The van der Waals surface area contributed by atoms with Gasteiger partial charge < -0.3 is 14.6 Å². The number of aryl methyl sites for hydroxylation is 1. The van der Waals surface area contributed by atoms with Gasteiger partial charge in [0.05, 0.1) is 12.2 Å². The number of hydrogen-bond acceptors (Lipinski definition) is 4. The van der Waals surface area contributed by atoms with Gasteiger partial charge in [-0.05, 0) is 31.2 Å². The molecule has 1 aliphatic heterocycles. The molecule has 0 unspecified atom stereocenters. The lowest BCUT2D eigenvalue weighted by Crippen LogP contribution is -2.40. The summed E-state index contributed by atoms with van der Waals surface area (Å²) in [4.78, 5) is 20.9. The molecule has 1 atom stereocenters. The number of imidazole rings is 1. The van der Waals surface area contributed by atoms with Gasteiger partial charge in [-0.25, -0.2) is 9.97 Å². The number of aromatic nitrogens is 3. The number of ether oxygens (including phenoxy) is 1. The fourth-order valence-electron chi connectivity index (χ4n) is 2.84. The van der Waals surface area contributed by atoms with Gasteiger partial charge in [0, 0.05) is 43.7 Å². The summed E-state index contributed by atoms with van der Waals surface area (Å²) in [6, 6.07) is 3.68. The summed E-state index contributed by atoms with van der Waals surface area (Å²) < 4.78 is 7.69. The maximum absolute atomic E-state index is 12.3. The Morgan fingerprint density at radius 2 is 2.22 bits per heavy atom. The van der Waals surface area contributed by atoms with Crippen LogP contribution in [-0.4, -0.2) is 33.1 Å². The summed E-state index contributed by atoms with van der Waals surface area (Å²) in [5.74, 6) is 2.29. The molecule has 1 saturated carbocycles. The summed E-state index contributed by atoms with van der Waals surface area (Å²) in [5, 5.41) is 3.08. The minimum absolute atomic E-state index is 0.0835. The molecule has 4 rings (SSSR count). The number of nitrogens with one attached hydrogen (secondary N) is 1. The normalized spacial score (nSPS) is 19.9. The minimum Gasteiger partial charge on any atom is -0.477 e. The fraction of sp³-hybridized carbons (Fsp3) is 0.471. The molecule has 6 heteroatoms. The van der Waals surface area contributed by atoms with E-state index in [4.69, 9.17) is 4.74 Å². The molecule has 23 heavy (non-hydrogen) atoms. The highest BCUT2D eigenvalue weighted by atomic mass is 16.5. The molecule has 0 saturated heterocycles. The van der Waals surface area contributed by atoms with E-state index in [0.717, 1.165) is 31.8 Å². The van der Waals surface area contributed by atoms with Gasteiger partial charge in [0.2, 0.25) is 5.88 Å². The first-order valence-corrected chi connectivity index (χ1v) is 8.17. The molecule has 0 bridgehead atoms. The van der Waals surface area contributed by atoms with Crippen molar-refractivity contribution < 1.29 is 9.53 Å². The standard InChI is InChI=1S/C17H20N4O2/c22-17(20-14-4-5-15-18-7-8-21(15)10-14)13-3-6-16(19-9-13)23-11-12-1-2-12/h3,6-9,12,14H,1-2,4-5,10-11H2,(H,20,22)/t14-/m1/s1. The molecular formula is C17H20N4O2. The van der Waals surface area contributed by atoms with E-state index >= 15 is 0 Å². The Bertz CT molecular complexity index is 691. The Labute approximate surface area is 134 Å². The molecule has 1 amide bonds. The van der Waals surface area contributed by atoms with Gasteiger partial charge in [-0.3, -0.25) is 4.79 Å². The highest BCUT2D eigenvalue weighted by Crippen LogP contribution is 2.29. The van der Waals surface area contributed by atoms with Gasteiger partial charge in [-0.1, -0.05) is 0 Å². The topological polar surface area (TPSA) is 69.0 Å². The van der Waals surface area contributed by atoms with Crippen LogP contribution >= 0.6 is 0 Å². The lowest BCUT2D eigenvalue weighted by atomic mass is 10.1. The van der Waals surface area contributed by atoms with E-state index in [1.54, 1.807) is 18.3 Å². The van der Waals surface area contributed by atoms with Crippen molar-refractivity contribution in [3.05, 3.63) is 42.1 Å². The number of amides is 1. The maximum Gasteiger partial charge on any atom is 0.253 e. The quantitative estimate of drug-likeness (QED) is 0.914. The number of nitrogens with zero attached hydrogens (tertiary/aromatic N) is 3.